The molecule has 1 aromatic carbocycles. The number of hydrogen-bond acceptors (Lipinski definition) is 3. The molecule has 0 fully saturated rings. The molecule has 84 valence electrons. The van der Waals surface area contributed by atoms with Crippen LogP contribution in [-0.4, -0.2) is 25.4 Å². The third kappa shape index (κ3) is 3.48. The second-order valence-electron chi connectivity index (χ2n) is 3.43. The molecule has 0 aromatic heterocycles. The van der Waals surface area contributed by atoms with Crippen molar-refractivity contribution >= 4 is 21.4 Å². The number of rotatable bonds is 4. The molecule has 1 unspecified atom stereocenters. The SMILES string of the molecule is CC(CO)S(=O)(=O)Cc1cccc(Cl)c1. The van der Waals surface area contributed by atoms with Crippen molar-refractivity contribution in [2.75, 3.05) is 6.61 Å². The Kier molecular flexibility index (Phi) is 4.13. The molecule has 0 amide bonds. The monoisotopic (exact) mass is 248 g/mol. The van der Waals surface area contributed by atoms with E-state index in [-0.39, 0.29) is 12.4 Å². The molecule has 3 nitrogen and oxygen atoms in total. The van der Waals surface area contributed by atoms with Crippen LogP contribution in [0.15, 0.2) is 24.3 Å². The van der Waals surface area contributed by atoms with E-state index in [1.54, 1.807) is 24.3 Å². The van der Waals surface area contributed by atoms with Crippen LogP contribution in [0.2, 0.25) is 5.02 Å². The number of aliphatic hydroxyl groups excluding tert-OH is 1. The van der Waals surface area contributed by atoms with Gasteiger partial charge >= 0.3 is 0 Å². The molecule has 1 aromatic rings. The Bertz CT molecular complexity index is 428. The number of sulfone groups is 1. The fourth-order valence-corrected chi connectivity index (χ4v) is 2.48. The van der Waals surface area contributed by atoms with Crippen molar-refractivity contribution in [2.24, 2.45) is 0 Å². The summed E-state index contributed by atoms with van der Waals surface area (Å²) in [5.74, 6) is -0.0880. The van der Waals surface area contributed by atoms with Crippen LogP contribution in [0.25, 0.3) is 0 Å². The highest BCUT2D eigenvalue weighted by molar-refractivity contribution is 7.91. The van der Waals surface area contributed by atoms with E-state index < -0.39 is 15.1 Å². The highest BCUT2D eigenvalue weighted by Gasteiger charge is 2.20. The van der Waals surface area contributed by atoms with Crippen molar-refractivity contribution in [1.82, 2.24) is 0 Å². The molecule has 0 heterocycles. The minimum Gasteiger partial charge on any atom is -0.395 e. The topological polar surface area (TPSA) is 54.4 Å². The van der Waals surface area contributed by atoms with Crippen LogP contribution in [0.1, 0.15) is 12.5 Å². The molecule has 1 rings (SSSR count). The maximum Gasteiger partial charge on any atom is 0.159 e. The molecule has 0 aliphatic rings. The molecule has 1 N–H and O–H groups in total. The third-order valence-electron chi connectivity index (χ3n) is 2.13. The predicted molar refractivity (Wildman–Crippen MR) is 60.6 cm³/mol. The summed E-state index contributed by atoms with van der Waals surface area (Å²) in [6.45, 7) is 1.13. The first-order valence-electron chi connectivity index (χ1n) is 4.52. The molecular weight excluding hydrogens is 236 g/mol. The lowest BCUT2D eigenvalue weighted by Gasteiger charge is -2.09. The molecule has 15 heavy (non-hydrogen) atoms. The average molecular weight is 249 g/mol. The molecule has 0 spiro atoms. The summed E-state index contributed by atoms with van der Waals surface area (Å²) in [4.78, 5) is 0. The Labute approximate surface area is 94.6 Å². The second-order valence-corrected chi connectivity index (χ2v) is 6.29. The maximum atomic E-state index is 11.6. The van der Waals surface area contributed by atoms with E-state index in [2.05, 4.69) is 0 Å². The zero-order valence-corrected chi connectivity index (χ0v) is 9.92. The molecular formula is C10H13ClO3S. The van der Waals surface area contributed by atoms with Crippen LogP contribution in [0, 0.1) is 0 Å². The van der Waals surface area contributed by atoms with Gasteiger partial charge in [-0.25, -0.2) is 8.42 Å². The van der Waals surface area contributed by atoms with Crippen LogP contribution < -0.4 is 0 Å². The Morgan fingerprint density at radius 2 is 2.13 bits per heavy atom. The minimum absolute atomic E-state index is 0.0880. The summed E-state index contributed by atoms with van der Waals surface area (Å²) in [7, 11) is -3.29. The molecule has 0 aliphatic heterocycles. The predicted octanol–water partition coefficient (Wildman–Crippen LogP) is 1.64. The standard InChI is InChI=1S/C10H13ClO3S/c1-8(6-12)15(13,14)7-9-3-2-4-10(11)5-9/h2-5,8,12H,6-7H2,1H3. The molecule has 1 atom stereocenters. The van der Waals surface area contributed by atoms with Gasteiger partial charge in [0.2, 0.25) is 0 Å². The lowest BCUT2D eigenvalue weighted by Crippen LogP contribution is -2.23. The van der Waals surface area contributed by atoms with E-state index in [1.807, 2.05) is 0 Å². The van der Waals surface area contributed by atoms with E-state index in [9.17, 15) is 8.42 Å². The van der Waals surface area contributed by atoms with Gasteiger partial charge in [0.15, 0.2) is 9.84 Å². The highest BCUT2D eigenvalue weighted by Crippen LogP contribution is 2.15. The van der Waals surface area contributed by atoms with Crippen LogP contribution >= 0.6 is 11.6 Å². The lowest BCUT2D eigenvalue weighted by molar-refractivity contribution is 0.295. The van der Waals surface area contributed by atoms with Crippen molar-refractivity contribution in [3.63, 3.8) is 0 Å². The lowest BCUT2D eigenvalue weighted by atomic mass is 10.2. The van der Waals surface area contributed by atoms with Crippen molar-refractivity contribution in [2.45, 2.75) is 17.9 Å². The smallest absolute Gasteiger partial charge is 0.159 e. The van der Waals surface area contributed by atoms with Crippen molar-refractivity contribution < 1.29 is 13.5 Å². The summed E-state index contributed by atoms with van der Waals surface area (Å²) < 4.78 is 23.3. The van der Waals surface area contributed by atoms with Crippen LogP contribution in [0.5, 0.6) is 0 Å². The first-order valence-corrected chi connectivity index (χ1v) is 6.62. The summed E-state index contributed by atoms with van der Waals surface area (Å²) in [6, 6.07) is 6.71. The van der Waals surface area contributed by atoms with Gasteiger partial charge in [0, 0.05) is 5.02 Å². The van der Waals surface area contributed by atoms with Gasteiger partial charge in [-0.05, 0) is 24.6 Å². The number of benzene rings is 1. The second kappa shape index (κ2) is 4.96. The van der Waals surface area contributed by atoms with Crippen molar-refractivity contribution in [3.8, 4) is 0 Å². The van der Waals surface area contributed by atoms with Crippen LogP contribution in [0.3, 0.4) is 0 Å². The molecule has 5 heteroatoms. The highest BCUT2D eigenvalue weighted by atomic mass is 35.5. The number of aliphatic hydroxyl groups is 1. The van der Waals surface area contributed by atoms with Crippen molar-refractivity contribution in [3.05, 3.63) is 34.9 Å². The fraction of sp³-hybridized carbons (Fsp3) is 0.400. The van der Waals surface area contributed by atoms with Crippen LogP contribution in [0.4, 0.5) is 0 Å². The van der Waals surface area contributed by atoms with Gasteiger partial charge in [0.05, 0.1) is 17.6 Å². The maximum absolute atomic E-state index is 11.6. The van der Waals surface area contributed by atoms with E-state index in [4.69, 9.17) is 16.7 Å². The van der Waals surface area contributed by atoms with E-state index in [1.165, 1.54) is 6.92 Å². The number of halogens is 1. The van der Waals surface area contributed by atoms with Gasteiger partial charge in [-0.1, -0.05) is 23.7 Å². The number of hydrogen-bond donors (Lipinski definition) is 1. The first kappa shape index (κ1) is 12.5. The summed E-state index contributed by atoms with van der Waals surface area (Å²) in [6.07, 6.45) is 0. The molecule has 0 aliphatic carbocycles. The van der Waals surface area contributed by atoms with Crippen LogP contribution in [-0.2, 0) is 15.6 Å². The van der Waals surface area contributed by atoms with Gasteiger partial charge in [-0.15, -0.1) is 0 Å². The Morgan fingerprint density at radius 1 is 1.47 bits per heavy atom. The van der Waals surface area contributed by atoms with Gasteiger partial charge < -0.3 is 5.11 Å². The average Bonchev–Trinajstić information content (AvgIpc) is 2.15. The fourth-order valence-electron chi connectivity index (χ4n) is 1.11. The largest absolute Gasteiger partial charge is 0.395 e. The molecule has 0 saturated carbocycles. The normalized spacial score (nSPS) is 13.8. The Hall–Kier alpha value is -0.580. The summed E-state index contributed by atoms with van der Waals surface area (Å²) >= 11 is 5.74. The molecule has 0 radical (unpaired) electrons. The third-order valence-corrected chi connectivity index (χ3v) is 4.47. The van der Waals surface area contributed by atoms with E-state index in [0.717, 1.165) is 0 Å². The summed E-state index contributed by atoms with van der Waals surface area (Å²) in [5.41, 5.74) is 0.641. The minimum atomic E-state index is -3.29. The van der Waals surface area contributed by atoms with Gasteiger partial charge in [-0.3, -0.25) is 0 Å². The zero-order valence-electron chi connectivity index (χ0n) is 8.35. The van der Waals surface area contributed by atoms with Gasteiger partial charge in [0.1, 0.15) is 0 Å². The zero-order chi connectivity index (χ0) is 11.5. The molecule has 0 bridgehead atoms. The molecule has 0 saturated heterocycles. The Balaban J connectivity index is 2.87. The first-order chi connectivity index (χ1) is 6.95. The van der Waals surface area contributed by atoms with Gasteiger partial charge in [-0.2, -0.15) is 0 Å². The van der Waals surface area contributed by atoms with E-state index in [0.29, 0.717) is 10.6 Å². The van der Waals surface area contributed by atoms with Crippen molar-refractivity contribution in [1.29, 1.82) is 0 Å². The summed E-state index contributed by atoms with van der Waals surface area (Å²) in [5, 5.41) is 8.57. The quantitative estimate of drug-likeness (QED) is 0.881. The Morgan fingerprint density at radius 3 is 2.67 bits per heavy atom. The van der Waals surface area contributed by atoms with E-state index >= 15 is 0 Å². The van der Waals surface area contributed by atoms with Gasteiger partial charge in [0.25, 0.3) is 0 Å².